The summed E-state index contributed by atoms with van der Waals surface area (Å²) in [6.07, 6.45) is 3.17. The maximum absolute atomic E-state index is 12.0. The van der Waals surface area contributed by atoms with Gasteiger partial charge in [-0.25, -0.2) is 0 Å². The smallest absolute Gasteiger partial charge is 0.242 e. The zero-order chi connectivity index (χ0) is 11.7. The van der Waals surface area contributed by atoms with Crippen LogP contribution in [0.2, 0.25) is 0 Å². The van der Waals surface area contributed by atoms with Crippen molar-refractivity contribution in [3.8, 4) is 0 Å². The van der Waals surface area contributed by atoms with Gasteiger partial charge in [-0.05, 0) is 26.2 Å². The molecule has 0 aromatic carbocycles. The van der Waals surface area contributed by atoms with E-state index in [-0.39, 0.29) is 23.9 Å². The van der Waals surface area contributed by atoms with Gasteiger partial charge >= 0.3 is 0 Å². The predicted octanol–water partition coefficient (Wildman–Crippen LogP) is -0.526. The number of nitrogens with one attached hydrogen (secondary N) is 2. The normalized spacial score (nSPS) is 27.0. The summed E-state index contributed by atoms with van der Waals surface area (Å²) in [6, 6.07) is 0.104. The van der Waals surface area contributed by atoms with E-state index in [0.717, 1.165) is 6.42 Å². The lowest BCUT2D eigenvalue weighted by Crippen LogP contribution is -2.48. The lowest BCUT2D eigenvalue weighted by atomic mass is 10.2. The summed E-state index contributed by atoms with van der Waals surface area (Å²) in [4.78, 5) is 25.1. The molecule has 2 atom stereocenters. The molecule has 1 aliphatic carbocycles. The average molecular weight is 225 g/mol. The number of likely N-dealkylation sites (tertiary alicyclic amines) is 1. The fraction of sp³-hybridized carbons (Fsp3) is 0.818. The minimum Gasteiger partial charge on any atom is -0.357 e. The van der Waals surface area contributed by atoms with Crippen LogP contribution in [0.15, 0.2) is 0 Å². The van der Waals surface area contributed by atoms with Crippen molar-refractivity contribution in [1.29, 1.82) is 0 Å². The summed E-state index contributed by atoms with van der Waals surface area (Å²) < 4.78 is 0. The van der Waals surface area contributed by atoms with Crippen LogP contribution >= 0.6 is 0 Å². The second kappa shape index (κ2) is 4.41. The first kappa shape index (κ1) is 11.4. The molecular formula is C11H19N3O2. The monoisotopic (exact) mass is 225 g/mol. The minimum absolute atomic E-state index is 0.0698. The molecule has 2 rings (SSSR count). The molecule has 0 aromatic rings. The summed E-state index contributed by atoms with van der Waals surface area (Å²) in [5, 5.41) is 5.90. The largest absolute Gasteiger partial charge is 0.357 e. The number of hydrogen-bond donors (Lipinski definition) is 2. The Balaban J connectivity index is 1.92. The van der Waals surface area contributed by atoms with Gasteiger partial charge in [-0.3, -0.25) is 9.59 Å². The molecule has 1 aliphatic heterocycles. The van der Waals surface area contributed by atoms with E-state index >= 15 is 0 Å². The van der Waals surface area contributed by atoms with Gasteiger partial charge < -0.3 is 15.5 Å². The summed E-state index contributed by atoms with van der Waals surface area (Å²) in [5.41, 5.74) is 0. The Bertz CT molecular complexity index is 302. The molecular weight excluding hydrogens is 206 g/mol. The maximum Gasteiger partial charge on any atom is 0.242 e. The standard InChI is InChI=1S/C11H19N3O2/c1-7(10(15)12-2)14-6-5-9(11(14)16)13-8-3-4-8/h7-9,13H,3-6H2,1-2H3,(H,12,15). The lowest BCUT2D eigenvalue weighted by Gasteiger charge is -2.23. The van der Waals surface area contributed by atoms with Gasteiger partial charge in [0.25, 0.3) is 0 Å². The molecule has 1 saturated heterocycles. The highest BCUT2D eigenvalue weighted by atomic mass is 16.2. The Morgan fingerprint density at radius 2 is 2.12 bits per heavy atom. The number of nitrogens with zero attached hydrogens (tertiary/aromatic N) is 1. The highest BCUT2D eigenvalue weighted by Gasteiger charge is 2.38. The van der Waals surface area contributed by atoms with E-state index in [4.69, 9.17) is 0 Å². The van der Waals surface area contributed by atoms with Crippen molar-refractivity contribution in [2.45, 2.75) is 44.3 Å². The van der Waals surface area contributed by atoms with Gasteiger partial charge in [0.2, 0.25) is 11.8 Å². The molecule has 5 nitrogen and oxygen atoms in total. The van der Waals surface area contributed by atoms with Crippen molar-refractivity contribution in [3.05, 3.63) is 0 Å². The van der Waals surface area contributed by atoms with Crippen LogP contribution in [0.5, 0.6) is 0 Å². The third-order valence-electron chi connectivity index (χ3n) is 3.35. The molecule has 0 spiro atoms. The quantitative estimate of drug-likeness (QED) is 0.676. The van der Waals surface area contributed by atoms with Crippen molar-refractivity contribution in [3.63, 3.8) is 0 Å². The third-order valence-corrected chi connectivity index (χ3v) is 3.35. The van der Waals surface area contributed by atoms with E-state index < -0.39 is 0 Å². The number of likely N-dealkylation sites (N-methyl/N-ethyl adjacent to an activating group) is 1. The lowest BCUT2D eigenvalue weighted by molar-refractivity contribution is -0.137. The minimum atomic E-state index is -0.358. The van der Waals surface area contributed by atoms with Crippen molar-refractivity contribution in [2.75, 3.05) is 13.6 Å². The second-order valence-electron chi connectivity index (χ2n) is 4.60. The van der Waals surface area contributed by atoms with E-state index in [1.165, 1.54) is 12.8 Å². The molecule has 1 saturated carbocycles. The predicted molar refractivity (Wildman–Crippen MR) is 59.8 cm³/mol. The van der Waals surface area contributed by atoms with Gasteiger partial charge in [0, 0.05) is 19.6 Å². The van der Waals surface area contributed by atoms with Crippen LogP contribution in [0.4, 0.5) is 0 Å². The van der Waals surface area contributed by atoms with Crippen molar-refractivity contribution < 1.29 is 9.59 Å². The second-order valence-corrected chi connectivity index (χ2v) is 4.60. The van der Waals surface area contributed by atoms with Gasteiger partial charge in [0.1, 0.15) is 6.04 Å². The summed E-state index contributed by atoms with van der Waals surface area (Å²) in [7, 11) is 1.60. The highest BCUT2D eigenvalue weighted by Crippen LogP contribution is 2.23. The first-order chi connectivity index (χ1) is 7.63. The topological polar surface area (TPSA) is 61.4 Å². The van der Waals surface area contributed by atoms with Gasteiger partial charge in [-0.1, -0.05) is 0 Å². The van der Waals surface area contributed by atoms with E-state index in [1.807, 2.05) is 0 Å². The third kappa shape index (κ3) is 2.19. The summed E-state index contributed by atoms with van der Waals surface area (Å²) in [6.45, 7) is 2.45. The molecule has 2 fully saturated rings. The average Bonchev–Trinajstić information content (AvgIpc) is 3.03. The highest BCUT2D eigenvalue weighted by molar-refractivity contribution is 5.90. The van der Waals surface area contributed by atoms with Crippen LogP contribution in [0, 0.1) is 0 Å². The number of rotatable bonds is 4. The summed E-state index contributed by atoms with van der Waals surface area (Å²) >= 11 is 0. The van der Waals surface area contributed by atoms with Crippen LogP contribution in [0.3, 0.4) is 0 Å². The fourth-order valence-electron chi connectivity index (χ4n) is 2.13. The molecule has 2 amide bonds. The van der Waals surface area contributed by atoms with E-state index in [2.05, 4.69) is 10.6 Å². The summed E-state index contributed by atoms with van der Waals surface area (Å²) in [5.74, 6) is -0.0246. The Morgan fingerprint density at radius 3 is 2.69 bits per heavy atom. The Morgan fingerprint density at radius 1 is 1.44 bits per heavy atom. The molecule has 2 unspecified atom stereocenters. The molecule has 5 heteroatoms. The molecule has 0 aromatic heterocycles. The number of carbonyl (C=O) groups is 2. The Labute approximate surface area is 95.6 Å². The Kier molecular flexibility index (Phi) is 3.14. The molecule has 1 heterocycles. The number of hydrogen-bond acceptors (Lipinski definition) is 3. The van der Waals surface area contributed by atoms with Gasteiger partial charge in [0.15, 0.2) is 0 Å². The van der Waals surface area contributed by atoms with E-state index in [9.17, 15) is 9.59 Å². The van der Waals surface area contributed by atoms with Crippen LogP contribution in [-0.2, 0) is 9.59 Å². The molecule has 90 valence electrons. The molecule has 16 heavy (non-hydrogen) atoms. The van der Waals surface area contributed by atoms with Crippen molar-refractivity contribution in [2.24, 2.45) is 0 Å². The fourth-order valence-corrected chi connectivity index (χ4v) is 2.13. The van der Waals surface area contributed by atoms with Gasteiger partial charge in [-0.2, -0.15) is 0 Å². The zero-order valence-corrected chi connectivity index (χ0v) is 9.82. The first-order valence-corrected chi connectivity index (χ1v) is 5.91. The number of carbonyl (C=O) groups excluding carboxylic acids is 2. The van der Waals surface area contributed by atoms with Crippen LogP contribution < -0.4 is 10.6 Å². The maximum atomic E-state index is 12.0. The van der Waals surface area contributed by atoms with Gasteiger partial charge in [-0.15, -0.1) is 0 Å². The van der Waals surface area contributed by atoms with Crippen LogP contribution in [0.1, 0.15) is 26.2 Å². The molecule has 2 N–H and O–H groups in total. The SMILES string of the molecule is CNC(=O)C(C)N1CCC(NC2CC2)C1=O. The Hall–Kier alpha value is -1.10. The first-order valence-electron chi connectivity index (χ1n) is 5.91. The van der Waals surface area contributed by atoms with Crippen LogP contribution in [0.25, 0.3) is 0 Å². The van der Waals surface area contributed by atoms with Crippen molar-refractivity contribution in [1.82, 2.24) is 15.5 Å². The number of amides is 2. The van der Waals surface area contributed by atoms with Crippen LogP contribution in [-0.4, -0.2) is 48.4 Å². The molecule has 0 bridgehead atoms. The molecule has 0 radical (unpaired) electrons. The zero-order valence-electron chi connectivity index (χ0n) is 9.82. The van der Waals surface area contributed by atoms with Crippen molar-refractivity contribution >= 4 is 11.8 Å². The van der Waals surface area contributed by atoms with E-state index in [1.54, 1.807) is 18.9 Å². The molecule has 2 aliphatic rings. The van der Waals surface area contributed by atoms with E-state index in [0.29, 0.717) is 12.6 Å². The van der Waals surface area contributed by atoms with Gasteiger partial charge in [0.05, 0.1) is 6.04 Å².